The maximum absolute atomic E-state index is 13.5. The summed E-state index contributed by atoms with van der Waals surface area (Å²) in [6, 6.07) is 9.13. The highest BCUT2D eigenvalue weighted by atomic mass is 19.4. The first-order chi connectivity index (χ1) is 15.1. The summed E-state index contributed by atoms with van der Waals surface area (Å²) in [5.41, 5.74) is -0.375. The number of hydrogen-bond donors (Lipinski definition) is 2. The maximum Gasteiger partial charge on any atom is 0.431 e. The van der Waals surface area contributed by atoms with Crippen LogP contribution in [0.25, 0.3) is 10.9 Å². The van der Waals surface area contributed by atoms with Gasteiger partial charge in [0, 0.05) is 23.5 Å². The zero-order valence-electron chi connectivity index (χ0n) is 16.6. The Morgan fingerprint density at radius 3 is 2.69 bits per heavy atom. The molecule has 3 heterocycles. The molecular weight excluding hydrogens is 430 g/mol. The molecule has 3 aromatic rings. The highest BCUT2D eigenvalue weighted by molar-refractivity contribution is 6.00. The number of carbonyl (C=O) groups excluding carboxylic acids is 2. The van der Waals surface area contributed by atoms with Gasteiger partial charge in [0.1, 0.15) is 17.3 Å². The average molecular weight is 447 g/mol. The van der Waals surface area contributed by atoms with Gasteiger partial charge < -0.3 is 19.9 Å². The molecule has 6 nitrogen and oxygen atoms in total. The SMILES string of the molecule is O=C1CC2(CN(C(=O)NCc3ccc4[nH]c(C(F)(F)F)cc4c3)C2)Oc2cc(F)ccc21. The third-order valence-corrected chi connectivity index (χ3v) is 5.73. The lowest BCUT2D eigenvalue weighted by Gasteiger charge is -2.50. The van der Waals surface area contributed by atoms with Crippen molar-refractivity contribution >= 4 is 22.7 Å². The molecule has 2 aromatic carbocycles. The fraction of sp³-hybridized carbons (Fsp3) is 0.273. The Labute approximate surface area is 179 Å². The van der Waals surface area contributed by atoms with Crippen LogP contribution in [0.4, 0.5) is 22.4 Å². The Hall–Kier alpha value is -3.56. The summed E-state index contributed by atoms with van der Waals surface area (Å²) in [6.45, 7) is 0.470. The van der Waals surface area contributed by atoms with Crippen LogP contribution in [-0.4, -0.2) is 40.4 Å². The Bertz CT molecular complexity index is 1240. The van der Waals surface area contributed by atoms with Gasteiger partial charge in [-0.15, -0.1) is 0 Å². The van der Waals surface area contributed by atoms with E-state index in [1.807, 2.05) is 0 Å². The third kappa shape index (κ3) is 3.55. The number of nitrogens with zero attached hydrogens (tertiary/aromatic N) is 1. The zero-order chi connectivity index (χ0) is 22.7. The number of ketones is 1. The van der Waals surface area contributed by atoms with Crippen LogP contribution >= 0.6 is 0 Å². The monoisotopic (exact) mass is 447 g/mol. The van der Waals surface area contributed by atoms with E-state index in [9.17, 15) is 27.2 Å². The number of ether oxygens (including phenoxy) is 1. The van der Waals surface area contributed by atoms with Crippen LogP contribution in [0.15, 0.2) is 42.5 Å². The second-order valence-corrected chi connectivity index (χ2v) is 8.14. The topological polar surface area (TPSA) is 74.4 Å². The van der Waals surface area contributed by atoms with Crippen molar-refractivity contribution in [2.45, 2.75) is 24.7 Å². The Balaban J connectivity index is 1.21. The molecule has 2 aliphatic heterocycles. The molecule has 0 radical (unpaired) electrons. The van der Waals surface area contributed by atoms with Crippen molar-refractivity contribution in [1.82, 2.24) is 15.2 Å². The molecule has 0 aliphatic carbocycles. The minimum absolute atomic E-state index is 0.0983. The van der Waals surface area contributed by atoms with Crippen LogP contribution in [-0.2, 0) is 12.7 Å². The van der Waals surface area contributed by atoms with Gasteiger partial charge in [-0.1, -0.05) is 6.07 Å². The van der Waals surface area contributed by atoms with E-state index in [1.165, 1.54) is 23.1 Å². The van der Waals surface area contributed by atoms with Crippen LogP contribution in [0.3, 0.4) is 0 Å². The third-order valence-electron chi connectivity index (χ3n) is 5.73. The minimum atomic E-state index is -4.46. The van der Waals surface area contributed by atoms with Gasteiger partial charge in [0.25, 0.3) is 0 Å². The summed E-state index contributed by atoms with van der Waals surface area (Å²) in [6.07, 6.45) is -4.36. The number of H-pyrrole nitrogens is 1. The smallest absolute Gasteiger partial charge is 0.431 e. The Morgan fingerprint density at radius 2 is 1.94 bits per heavy atom. The van der Waals surface area contributed by atoms with E-state index in [0.717, 1.165) is 12.1 Å². The first-order valence-electron chi connectivity index (χ1n) is 9.85. The van der Waals surface area contributed by atoms with Crippen molar-refractivity contribution in [3.8, 4) is 5.75 Å². The number of carbonyl (C=O) groups is 2. The Morgan fingerprint density at radius 1 is 1.16 bits per heavy atom. The number of nitrogens with one attached hydrogen (secondary N) is 2. The van der Waals surface area contributed by atoms with Crippen LogP contribution in [0, 0.1) is 5.82 Å². The van der Waals surface area contributed by atoms with Crippen LogP contribution < -0.4 is 10.1 Å². The van der Waals surface area contributed by atoms with Crippen molar-refractivity contribution in [3.05, 3.63) is 65.1 Å². The first kappa shape index (κ1) is 20.3. The van der Waals surface area contributed by atoms with Gasteiger partial charge in [-0.25, -0.2) is 9.18 Å². The normalized spacial score (nSPS) is 17.1. The number of benzene rings is 2. The number of aromatic amines is 1. The standard InChI is InChI=1S/C22H17F4N3O3/c23-14-2-3-15-17(30)8-21(32-18(15)7-14)10-29(11-21)20(31)27-9-12-1-4-16-13(5-12)6-19(28-16)22(24,25)26/h1-7,28H,8-11H2,(H,27,31). The fourth-order valence-corrected chi connectivity index (χ4v) is 4.17. The number of alkyl halides is 3. The second-order valence-electron chi connectivity index (χ2n) is 8.14. The van der Waals surface area contributed by atoms with E-state index in [4.69, 9.17) is 4.74 Å². The number of Topliss-reactive ketones (excluding diaryl/α,β-unsaturated/α-hetero) is 1. The quantitative estimate of drug-likeness (QED) is 0.577. The van der Waals surface area contributed by atoms with Gasteiger partial charge in [-0.05, 0) is 35.9 Å². The lowest BCUT2D eigenvalue weighted by molar-refractivity contribution is -0.140. The highest BCUT2D eigenvalue weighted by Gasteiger charge is 2.51. The van der Waals surface area contributed by atoms with Crippen molar-refractivity contribution < 1.29 is 31.9 Å². The van der Waals surface area contributed by atoms with Crippen LogP contribution in [0.2, 0.25) is 0 Å². The molecule has 2 N–H and O–H groups in total. The van der Waals surface area contributed by atoms with E-state index in [-0.39, 0.29) is 43.6 Å². The van der Waals surface area contributed by atoms with Gasteiger partial charge in [0.2, 0.25) is 0 Å². The molecular formula is C22H17F4N3O3. The molecule has 1 saturated heterocycles. The number of hydrogen-bond acceptors (Lipinski definition) is 3. The summed E-state index contributed by atoms with van der Waals surface area (Å²) in [5.74, 6) is -0.493. The summed E-state index contributed by atoms with van der Waals surface area (Å²) >= 11 is 0. The van der Waals surface area contributed by atoms with Crippen LogP contribution in [0.1, 0.15) is 28.0 Å². The van der Waals surface area contributed by atoms with E-state index in [0.29, 0.717) is 22.0 Å². The van der Waals surface area contributed by atoms with E-state index < -0.39 is 23.3 Å². The summed E-state index contributed by atoms with van der Waals surface area (Å²) < 4.78 is 57.9. The molecule has 166 valence electrons. The van der Waals surface area contributed by atoms with Gasteiger partial charge >= 0.3 is 12.2 Å². The number of rotatable bonds is 2. The summed E-state index contributed by atoms with van der Waals surface area (Å²) in [5, 5.41) is 3.11. The predicted octanol–water partition coefficient (Wildman–Crippen LogP) is 4.26. The Kier molecular flexibility index (Phi) is 4.44. The molecule has 5 rings (SSSR count). The van der Waals surface area contributed by atoms with Gasteiger partial charge in [0.15, 0.2) is 11.4 Å². The van der Waals surface area contributed by atoms with E-state index in [2.05, 4.69) is 10.3 Å². The van der Waals surface area contributed by atoms with Crippen molar-refractivity contribution in [2.75, 3.05) is 13.1 Å². The van der Waals surface area contributed by atoms with Crippen molar-refractivity contribution in [1.29, 1.82) is 0 Å². The maximum atomic E-state index is 13.5. The molecule has 1 aromatic heterocycles. The zero-order valence-corrected chi connectivity index (χ0v) is 16.6. The number of amides is 2. The molecule has 0 unspecified atom stereocenters. The van der Waals surface area contributed by atoms with Crippen molar-refractivity contribution in [3.63, 3.8) is 0 Å². The molecule has 0 bridgehead atoms. The predicted molar refractivity (Wildman–Crippen MR) is 106 cm³/mol. The molecule has 2 amide bonds. The minimum Gasteiger partial charge on any atom is -0.482 e. The van der Waals surface area contributed by atoms with Crippen LogP contribution in [0.5, 0.6) is 5.75 Å². The molecule has 0 saturated carbocycles. The number of likely N-dealkylation sites (tertiary alicyclic amines) is 1. The summed E-state index contributed by atoms with van der Waals surface area (Å²) in [7, 11) is 0. The first-order valence-corrected chi connectivity index (χ1v) is 9.85. The largest absolute Gasteiger partial charge is 0.482 e. The summed E-state index contributed by atoms with van der Waals surface area (Å²) in [4.78, 5) is 28.6. The number of halogens is 4. The lowest BCUT2D eigenvalue weighted by Crippen LogP contribution is -2.69. The average Bonchev–Trinajstić information content (AvgIpc) is 3.13. The molecule has 2 aliphatic rings. The second kappa shape index (κ2) is 6.98. The molecule has 10 heteroatoms. The van der Waals surface area contributed by atoms with E-state index in [1.54, 1.807) is 12.1 Å². The molecule has 0 atom stereocenters. The number of aromatic nitrogens is 1. The van der Waals surface area contributed by atoms with E-state index >= 15 is 0 Å². The highest BCUT2D eigenvalue weighted by Crippen LogP contribution is 2.39. The van der Waals surface area contributed by atoms with Gasteiger partial charge in [-0.2, -0.15) is 13.2 Å². The molecule has 1 fully saturated rings. The van der Waals surface area contributed by atoms with Crippen molar-refractivity contribution in [2.24, 2.45) is 0 Å². The van der Waals surface area contributed by atoms with Gasteiger partial charge in [0.05, 0.1) is 25.1 Å². The van der Waals surface area contributed by atoms with Gasteiger partial charge in [-0.3, -0.25) is 4.79 Å². The lowest BCUT2D eigenvalue weighted by atomic mass is 9.84. The molecule has 32 heavy (non-hydrogen) atoms. The number of urea groups is 1. The molecule has 1 spiro atoms. The number of fused-ring (bicyclic) bond motifs is 2. The fourth-order valence-electron chi connectivity index (χ4n) is 4.17.